The molecule has 4 nitrogen and oxygen atoms in total. The van der Waals surface area contributed by atoms with Gasteiger partial charge in [-0.05, 0) is 75.8 Å². The average Bonchev–Trinajstić information content (AvgIpc) is 2.72. The van der Waals surface area contributed by atoms with E-state index >= 15 is 0 Å². The van der Waals surface area contributed by atoms with Crippen molar-refractivity contribution in [2.45, 2.75) is 62.4 Å². The van der Waals surface area contributed by atoms with Crippen molar-refractivity contribution < 1.29 is 9.90 Å². The maximum atomic E-state index is 13.0. The van der Waals surface area contributed by atoms with E-state index in [-0.39, 0.29) is 22.6 Å². The molecule has 0 radical (unpaired) electrons. The first-order valence-electron chi connectivity index (χ1n) is 9.44. The van der Waals surface area contributed by atoms with Gasteiger partial charge in [0.15, 0.2) is 0 Å². The molecule has 4 fully saturated rings. The molecule has 1 N–H and O–H groups in total. The fourth-order valence-corrected chi connectivity index (χ4v) is 6.72. The second-order valence-electron chi connectivity index (χ2n) is 8.96. The zero-order valence-electron chi connectivity index (χ0n) is 14.8. The standard InChI is InChI=1S/C20H25ClN2O2/c1-19(2)18(25)22(23(19)16-5-3-4-6-17(16)24)15-8-7-12-10-20(21)11-13(15)9-14(12)20/h3-6,12-15,24H,7-11H2,1-2H3/t12?,13?,14?,15-,20+/m0/s1. The number of para-hydroxylation sites is 2. The number of alkyl halides is 1. The molecule has 134 valence electrons. The fraction of sp³-hybridized carbons (Fsp3) is 0.650. The van der Waals surface area contributed by atoms with Gasteiger partial charge in [-0.15, -0.1) is 11.6 Å². The number of carbonyl (C=O) groups excluding carboxylic acids is 1. The molecule has 5 rings (SSSR count). The van der Waals surface area contributed by atoms with Gasteiger partial charge in [0.05, 0.1) is 6.04 Å². The van der Waals surface area contributed by atoms with Crippen LogP contribution in [0.5, 0.6) is 5.75 Å². The third-order valence-electron chi connectivity index (χ3n) is 7.27. The quantitative estimate of drug-likeness (QED) is 0.813. The topological polar surface area (TPSA) is 43.8 Å². The molecule has 0 spiro atoms. The minimum Gasteiger partial charge on any atom is -0.506 e. The van der Waals surface area contributed by atoms with Crippen LogP contribution >= 0.6 is 11.6 Å². The van der Waals surface area contributed by atoms with Crippen LogP contribution < -0.4 is 5.01 Å². The summed E-state index contributed by atoms with van der Waals surface area (Å²) in [6, 6.07) is 7.51. The van der Waals surface area contributed by atoms with Crippen molar-refractivity contribution in [3.8, 4) is 5.75 Å². The molecule has 0 aromatic heterocycles. The molecule has 3 unspecified atom stereocenters. The highest BCUT2D eigenvalue weighted by Gasteiger charge is 2.64. The van der Waals surface area contributed by atoms with Gasteiger partial charge in [-0.2, -0.15) is 0 Å². The SMILES string of the molecule is CC1(C)C(=O)N([C@H]2CCC3C[C@@]4(Cl)CC2CC34)N1c1ccccc1O. The van der Waals surface area contributed by atoms with Crippen LogP contribution in [0.3, 0.4) is 0 Å². The third kappa shape index (κ3) is 1.92. The molecule has 2 bridgehead atoms. The van der Waals surface area contributed by atoms with Crippen molar-refractivity contribution in [1.82, 2.24) is 5.01 Å². The molecule has 5 atom stereocenters. The van der Waals surface area contributed by atoms with Crippen molar-refractivity contribution in [3.63, 3.8) is 0 Å². The number of benzene rings is 1. The minimum atomic E-state index is -0.620. The highest BCUT2D eigenvalue weighted by Crippen LogP contribution is 2.65. The van der Waals surface area contributed by atoms with Gasteiger partial charge in [0, 0.05) is 4.87 Å². The van der Waals surface area contributed by atoms with E-state index in [1.807, 2.05) is 42.1 Å². The first-order chi connectivity index (χ1) is 11.8. The van der Waals surface area contributed by atoms with Gasteiger partial charge >= 0.3 is 0 Å². The molecule has 4 aliphatic rings. The van der Waals surface area contributed by atoms with Crippen LogP contribution in [0.2, 0.25) is 0 Å². The number of hydrazine groups is 1. The van der Waals surface area contributed by atoms with E-state index in [1.165, 1.54) is 6.42 Å². The summed E-state index contributed by atoms with van der Waals surface area (Å²) in [6.45, 7) is 3.87. The number of rotatable bonds is 2. The Morgan fingerprint density at radius 1 is 1.16 bits per heavy atom. The molecule has 1 amide bonds. The van der Waals surface area contributed by atoms with Crippen molar-refractivity contribution in [2.24, 2.45) is 17.8 Å². The van der Waals surface area contributed by atoms with E-state index in [9.17, 15) is 9.90 Å². The maximum Gasteiger partial charge on any atom is 0.268 e. The lowest BCUT2D eigenvalue weighted by Gasteiger charge is -2.60. The predicted octanol–water partition coefficient (Wildman–Crippen LogP) is 3.92. The van der Waals surface area contributed by atoms with Crippen molar-refractivity contribution in [1.29, 1.82) is 0 Å². The Morgan fingerprint density at radius 2 is 1.88 bits per heavy atom. The number of hydrogen-bond acceptors (Lipinski definition) is 3. The zero-order chi connectivity index (χ0) is 17.6. The van der Waals surface area contributed by atoms with Gasteiger partial charge in [0.25, 0.3) is 5.91 Å². The molecule has 25 heavy (non-hydrogen) atoms. The third-order valence-corrected chi connectivity index (χ3v) is 7.86. The lowest BCUT2D eigenvalue weighted by molar-refractivity contribution is -0.158. The Bertz CT molecular complexity index is 751. The smallest absolute Gasteiger partial charge is 0.268 e. The van der Waals surface area contributed by atoms with Crippen molar-refractivity contribution >= 4 is 23.2 Å². The van der Waals surface area contributed by atoms with E-state index in [0.717, 1.165) is 37.3 Å². The summed E-state index contributed by atoms with van der Waals surface area (Å²) in [5.74, 6) is 2.25. The number of phenols is 1. The monoisotopic (exact) mass is 360 g/mol. The van der Waals surface area contributed by atoms with Crippen molar-refractivity contribution in [3.05, 3.63) is 24.3 Å². The highest BCUT2D eigenvalue weighted by atomic mass is 35.5. The highest BCUT2D eigenvalue weighted by molar-refractivity contribution is 6.25. The molecule has 1 aromatic rings. The summed E-state index contributed by atoms with van der Waals surface area (Å²) in [5, 5.41) is 14.3. The molecule has 1 aliphatic heterocycles. The Labute approximate surface area is 153 Å². The van der Waals surface area contributed by atoms with E-state index in [1.54, 1.807) is 6.07 Å². The summed E-state index contributed by atoms with van der Waals surface area (Å²) in [5.41, 5.74) is 0.0988. The van der Waals surface area contributed by atoms with Gasteiger partial charge in [-0.1, -0.05) is 12.1 Å². The summed E-state index contributed by atoms with van der Waals surface area (Å²) in [6.07, 6.45) is 5.55. The second-order valence-corrected chi connectivity index (χ2v) is 9.71. The molecule has 5 heteroatoms. The van der Waals surface area contributed by atoms with E-state index in [2.05, 4.69) is 0 Å². The van der Waals surface area contributed by atoms with Crippen LogP contribution in [0, 0.1) is 17.8 Å². The van der Waals surface area contributed by atoms with Crippen LogP contribution in [0.25, 0.3) is 0 Å². The number of halogens is 1. The molecule has 1 heterocycles. The molecule has 1 aromatic carbocycles. The Hall–Kier alpha value is -1.42. The summed E-state index contributed by atoms with van der Waals surface area (Å²) >= 11 is 6.85. The van der Waals surface area contributed by atoms with Crippen LogP contribution in [0.15, 0.2) is 24.3 Å². The fourth-order valence-electron chi connectivity index (χ4n) is 6.06. The maximum absolute atomic E-state index is 13.0. The van der Waals surface area contributed by atoms with Gasteiger partial charge in [-0.3, -0.25) is 9.80 Å². The molecular weight excluding hydrogens is 336 g/mol. The lowest BCUT2D eigenvalue weighted by Crippen LogP contribution is -2.78. The van der Waals surface area contributed by atoms with Crippen molar-refractivity contribution in [2.75, 3.05) is 5.01 Å². The predicted molar refractivity (Wildman–Crippen MR) is 97.4 cm³/mol. The number of amides is 1. The molecular formula is C20H25ClN2O2. The van der Waals surface area contributed by atoms with Gasteiger partial charge in [0.1, 0.15) is 17.0 Å². The minimum absolute atomic E-state index is 0.00283. The molecule has 3 saturated carbocycles. The Balaban J connectivity index is 1.50. The van der Waals surface area contributed by atoms with Gasteiger partial charge < -0.3 is 5.11 Å². The van der Waals surface area contributed by atoms with Crippen LogP contribution in [0.1, 0.15) is 46.0 Å². The molecule has 1 saturated heterocycles. The summed E-state index contributed by atoms with van der Waals surface area (Å²) in [4.78, 5) is 13.0. The van der Waals surface area contributed by atoms with E-state index in [4.69, 9.17) is 11.6 Å². The van der Waals surface area contributed by atoms with E-state index in [0.29, 0.717) is 11.8 Å². The van der Waals surface area contributed by atoms with Crippen LogP contribution in [0.4, 0.5) is 5.69 Å². The zero-order valence-corrected chi connectivity index (χ0v) is 15.5. The normalized spacial score (nSPS) is 41.2. The number of phenolic OH excluding ortho intramolecular Hbond substituents is 1. The van der Waals surface area contributed by atoms with Gasteiger partial charge in [-0.25, -0.2) is 5.01 Å². The largest absolute Gasteiger partial charge is 0.506 e. The van der Waals surface area contributed by atoms with Crippen LogP contribution in [-0.4, -0.2) is 32.5 Å². The Morgan fingerprint density at radius 3 is 2.64 bits per heavy atom. The van der Waals surface area contributed by atoms with E-state index < -0.39 is 5.54 Å². The molecule has 3 aliphatic carbocycles. The van der Waals surface area contributed by atoms with Crippen LogP contribution in [-0.2, 0) is 4.79 Å². The number of fused-ring (bicyclic) bond motifs is 1. The number of nitrogens with zero attached hydrogens (tertiary/aromatic N) is 2. The number of hydrogen-bond donors (Lipinski definition) is 1. The Kier molecular flexibility index (Phi) is 3.06. The number of anilines is 1. The number of carbonyl (C=O) groups is 1. The number of aromatic hydroxyl groups is 1. The lowest BCUT2D eigenvalue weighted by atomic mass is 9.64. The summed E-state index contributed by atoms with van der Waals surface area (Å²) < 4.78 is 0. The summed E-state index contributed by atoms with van der Waals surface area (Å²) in [7, 11) is 0. The second kappa shape index (κ2) is 4.85. The first-order valence-corrected chi connectivity index (χ1v) is 9.81. The first kappa shape index (κ1) is 15.8. The van der Waals surface area contributed by atoms with Gasteiger partial charge in [0.2, 0.25) is 0 Å². The average molecular weight is 361 g/mol.